The summed E-state index contributed by atoms with van der Waals surface area (Å²) in [7, 11) is 0. The molecule has 1 saturated heterocycles. The van der Waals surface area contributed by atoms with Crippen LogP contribution in [0.25, 0.3) is 0 Å². The predicted octanol–water partition coefficient (Wildman–Crippen LogP) is 4.37. The maximum atomic E-state index is 13.1. The Morgan fingerprint density at radius 2 is 1.55 bits per heavy atom. The van der Waals surface area contributed by atoms with Crippen molar-refractivity contribution in [3.8, 4) is 0 Å². The van der Waals surface area contributed by atoms with Gasteiger partial charge in [-0.15, -0.1) is 0 Å². The molecule has 1 atom stereocenters. The van der Waals surface area contributed by atoms with E-state index in [-0.39, 0.29) is 17.1 Å². The Bertz CT molecular complexity index is 1090. The van der Waals surface area contributed by atoms with Crippen molar-refractivity contribution in [1.29, 1.82) is 0 Å². The highest BCUT2D eigenvalue weighted by atomic mass is 32.2. The Morgan fingerprint density at radius 1 is 0.939 bits per heavy atom. The molecule has 1 unspecified atom stereocenters. The molecule has 4 rings (SSSR count). The van der Waals surface area contributed by atoms with Crippen LogP contribution in [0.5, 0.6) is 0 Å². The van der Waals surface area contributed by atoms with E-state index < -0.39 is 0 Å². The summed E-state index contributed by atoms with van der Waals surface area (Å²) in [5, 5.41) is 4.66. The minimum atomic E-state index is -0.365. The summed E-state index contributed by atoms with van der Waals surface area (Å²) in [6, 6.07) is 22.8. The average Bonchev–Trinajstić information content (AvgIpc) is 3.40. The molecule has 3 aromatic rings. The van der Waals surface area contributed by atoms with Crippen LogP contribution < -0.4 is 5.43 Å². The normalized spacial score (nSPS) is 13.9. The van der Waals surface area contributed by atoms with E-state index >= 15 is 0 Å². The number of likely N-dealkylation sites (tertiary alicyclic amines) is 1. The van der Waals surface area contributed by atoms with Gasteiger partial charge in [-0.25, -0.2) is 10.4 Å². The maximum absolute atomic E-state index is 13.1. The number of thioether (sulfide) groups is 1. The first kappa shape index (κ1) is 22.7. The van der Waals surface area contributed by atoms with Gasteiger partial charge >= 0.3 is 0 Å². The van der Waals surface area contributed by atoms with Crippen LogP contribution in [0.2, 0.25) is 0 Å². The van der Waals surface area contributed by atoms with E-state index in [0.717, 1.165) is 37.1 Å². The first-order valence-corrected chi connectivity index (χ1v) is 11.9. The second kappa shape index (κ2) is 10.9. The molecule has 2 heterocycles. The summed E-state index contributed by atoms with van der Waals surface area (Å²) < 4.78 is 0. The van der Waals surface area contributed by atoms with Crippen LogP contribution in [-0.2, 0) is 4.79 Å². The molecule has 6 nitrogen and oxygen atoms in total. The molecule has 0 bridgehead atoms. The van der Waals surface area contributed by atoms with Gasteiger partial charge in [-0.1, -0.05) is 72.4 Å². The van der Waals surface area contributed by atoms with Gasteiger partial charge in [-0.05, 0) is 31.9 Å². The smallest absolute Gasteiger partial charge is 0.274 e. The van der Waals surface area contributed by atoms with Gasteiger partial charge in [0.05, 0.1) is 16.5 Å². The van der Waals surface area contributed by atoms with Crippen LogP contribution in [0.3, 0.4) is 0 Å². The quantitative estimate of drug-likeness (QED) is 0.324. The Kier molecular flexibility index (Phi) is 7.52. The number of pyridine rings is 1. The monoisotopic (exact) mass is 458 g/mol. The van der Waals surface area contributed by atoms with Gasteiger partial charge in [0.15, 0.2) is 0 Å². The zero-order valence-electron chi connectivity index (χ0n) is 18.5. The standard InChI is InChI=1S/C26H26N4O2S/c1-19(26(32)30-17-8-9-18-30)33-25-22(15-10-16-27-25)24(31)29-28-23(20-11-4-2-5-12-20)21-13-6-3-7-14-21/h2-7,10-16,19H,8-9,17-18H2,1H3,(H,29,31). The predicted molar refractivity (Wildman–Crippen MR) is 131 cm³/mol. The number of nitrogens with one attached hydrogen (secondary N) is 1. The molecule has 0 saturated carbocycles. The molecule has 1 aromatic heterocycles. The SMILES string of the molecule is CC(Sc1ncccc1C(=O)NN=C(c1ccccc1)c1ccccc1)C(=O)N1CCCC1. The summed E-state index contributed by atoms with van der Waals surface area (Å²) in [5.74, 6) is -0.279. The molecule has 0 spiro atoms. The fourth-order valence-electron chi connectivity index (χ4n) is 3.72. The lowest BCUT2D eigenvalue weighted by atomic mass is 10.0. The van der Waals surface area contributed by atoms with Crippen molar-refractivity contribution in [3.63, 3.8) is 0 Å². The van der Waals surface area contributed by atoms with Crippen molar-refractivity contribution in [2.24, 2.45) is 5.10 Å². The van der Waals surface area contributed by atoms with E-state index in [1.165, 1.54) is 11.8 Å². The molecule has 2 aromatic carbocycles. The Labute approximate surface area is 198 Å². The minimum absolute atomic E-state index is 0.0861. The van der Waals surface area contributed by atoms with Crippen LogP contribution >= 0.6 is 11.8 Å². The van der Waals surface area contributed by atoms with E-state index in [2.05, 4.69) is 15.5 Å². The van der Waals surface area contributed by atoms with Gasteiger partial charge in [-0.2, -0.15) is 5.10 Å². The Morgan fingerprint density at radius 3 is 2.15 bits per heavy atom. The molecular formula is C26H26N4O2S. The number of benzene rings is 2. The van der Waals surface area contributed by atoms with E-state index in [9.17, 15) is 9.59 Å². The fourth-order valence-corrected chi connectivity index (χ4v) is 4.72. The Balaban J connectivity index is 1.54. The van der Waals surface area contributed by atoms with Gasteiger partial charge in [0, 0.05) is 30.4 Å². The third-order valence-electron chi connectivity index (χ3n) is 5.43. The van der Waals surface area contributed by atoms with E-state index in [4.69, 9.17) is 0 Å². The Hall–Kier alpha value is -3.45. The highest BCUT2D eigenvalue weighted by Gasteiger charge is 2.26. The molecule has 2 amide bonds. The molecule has 1 aliphatic heterocycles. The van der Waals surface area contributed by atoms with Crippen LogP contribution in [0.1, 0.15) is 41.3 Å². The van der Waals surface area contributed by atoms with Crippen LogP contribution in [0, 0.1) is 0 Å². The topological polar surface area (TPSA) is 74.7 Å². The zero-order chi connectivity index (χ0) is 23.0. The summed E-state index contributed by atoms with van der Waals surface area (Å²) in [6.07, 6.45) is 3.72. The highest BCUT2D eigenvalue weighted by molar-refractivity contribution is 8.00. The lowest BCUT2D eigenvalue weighted by Gasteiger charge is -2.20. The molecule has 33 heavy (non-hydrogen) atoms. The number of rotatable bonds is 7. The molecule has 168 valence electrons. The number of aromatic nitrogens is 1. The van der Waals surface area contributed by atoms with Crippen LogP contribution in [0.15, 0.2) is 89.1 Å². The summed E-state index contributed by atoms with van der Waals surface area (Å²) in [5.41, 5.74) is 5.55. The first-order chi connectivity index (χ1) is 16.1. The molecule has 1 aliphatic rings. The first-order valence-electron chi connectivity index (χ1n) is 11.0. The third-order valence-corrected chi connectivity index (χ3v) is 6.54. The summed E-state index contributed by atoms with van der Waals surface area (Å²) in [4.78, 5) is 32.0. The summed E-state index contributed by atoms with van der Waals surface area (Å²) in [6.45, 7) is 3.47. The number of amides is 2. The molecule has 7 heteroatoms. The highest BCUT2D eigenvalue weighted by Crippen LogP contribution is 2.27. The maximum Gasteiger partial charge on any atom is 0.274 e. The summed E-state index contributed by atoms with van der Waals surface area (Å²) >= 11 is 1.31. The van der Waals surface area contributed by atoms with Crippen molar-refractivity contribution in [2.75, 3.05) is 13.1 Å². The van der Waals surface area contributed by atoms with Gasteiger partial charge in [0.25, 0.3) is 5.91 Å². The molecule has 0 radical (unpaired) electrons. The average molecular weight is 459 g/mol. The van der Waals surface area contributed by atoms with Crippen molar-refractivity contribution < 1.29 is 9.59 Å². The van der Waals surface area contributed by atoms with Gasteiger partial charge in [0.2, 0.25) is 5.91 Å². The molecule has 1 N–H and O–H groups in total. The number of hydrazone groups is 1. The molecule has 1 fully saturated rings. The molecular weight excluding hydrogens is 432 g/mol. The van der Waals surface area contributed by atoms with Crippen LogP contribution in [-0.4, -0.2) is 45.7 Å². The van der Waals surface area contributed by atoms with Crippen molar-refractivity contribution >= 4 is 29.3 Å². The van der Waals surface area contributed by atoms with Gasteiger partial charge in [0.1, 0.15) is 5.03 Å². The van der Waals surface area contributed by atoms with Gasteiger partial charge in [-0.3, -0.25) is 9.59 Å². The largest absolute Gasteiger partial charge is 0.342 e. The lowest BCUT2D eigenvalue weighted by Crippen LogP contribution is -2.34. The van der Waals surface area contributed by atoms with E-state index in [0.29, 0.717) is 16.3 Å². The van der Waals surface area contributed by atoms with E-state index in [1.54, 1.807) is 18.3 Å². The number of hydrogen-bond donors (Lipinski definition) is 1. The fraction of sp³-hybridized carbons (Fsp3) is 0.231. The van der Waals surface area contributed by atoms with Crippen LogP contribution in [0.4, 0.5) is 0 Å². The minimum Gasteiger partial charge on any atom is -0.342 e. The second-order valence-corrected chi connectivity index (χ2v) is 9.11. The zero-order valence-corrected chi connectivity index (χ0v) is 19.3. The number of nitrogens with zero attached hydrogens (tertiary/aromatic N) is 3. The van der Waals surface area contributed by atoms with E-state index in [1.807, 2.05) is 72.5 Å². The number of hydrogen-bond acceptors (Lipinski definition) is 5. The third kappa shape index (κ3) is 5.68. The van der Waals surface area contributed by atoms with Crippen molar-refractivity contribution in [2.45, 2.75) is 30.0 Å². The second-order valence-electron chi connectivity index (χ2n) is 7.78. The molecule has 0 aliphatic carbocycles. The number of carbonyl (C=O) groups excluding carboxylic acids is 2. The van der Waals surface area contributed by atoms with Gasteiger partial charge < -0.3 is 4.90 Å². The van der Waals surface area contributed by atoms with Crippen molar-refractivity contribution in [1.82, 2.24) is 15.3 Å². The van der Waals surface area contributed by atoms with Crippen molar-refractivity contribution in [3.05, 3.63) is 95.7 Å². The number of carbonyl (C=O) groups is 2. The lowest BCUT2D eigenvalue weighted by molar-refractivity contribution is -0.129.